The molecule has 1 aromatic rings. The van der Waals surface area contributed by atoms with Crippen LogP contribution in [0.5, 0.6) is 0 Å². The maximum Gasteiger partial charge on any atom is 0.410 e. The smallest absolute Gasteiger partial charge is 0.410 e. The summed E-state index contributed by atoms with van der Waals surface area (Å²) in [6, 6.07) is 1.44. The predicted molar refractivity (Wildman–Crippen MR) is 83.8 cm³/mol. The van der Waals surface area contributed by atoms with Crippen molar-refractivity contribution in [3.05, 3.63) is 32.8 Å². The van der Waals surface area contributed by atoms with Crippen LogP contribution in [0.1, 0.15) is 42.3 Å². The Balaban J connectivity index is 2.37. The maximum absolute atomic E-state index is 12.2. The van der Waals surface area contributed by atoms with E-state index in [-0.39, 0.29) is 17.1 Å². The Kier molecular flexibility index (Phi) is 4.59. The molecule has 2 rings (SSSR count). The van der Waals surface area contributed by atoms with Gasteiger partial charge in [0.1, 0.15) is 5.60 Å². The van der Waals surface area contributed by atoms with Crippen LogP contribution in [0.4, 0.5) is 4.79 Å². The topological polar surface area (TPSA) is 66.8 Å². The molecule has 1 aliphatic heterocycles. The normalized spacial score (nSPS) is 14.5. The van der Waals surface area contributed by atoms with Crippen LogP contribution in [0.15, 0.2) is 6.07 Å². The molecule has 0 bridgehead atoms. The Morgan fingerprint density at radius 1 is 1.23 bits per heavy atom. The van der Waals surface area contributed by atoms with E-state index >= 15 is 0 Å². The van der Waals surface area contributed by atoms with Crippen molar-refractivity contribution in [2.24, 2.45) is 0 Å². The summed E-state index contributed by atoms with van der Waals surface area (Å²) in [6.45, 7) is 5.87. The third kappa shape index (κ3) is 3.47. The number of carbonyl (C=O) groups is 2. The summed E-state index contributed by atoms with van der Waals surface area (Å²) in [5.74, 6) is -1.14. The lowest BCUT2D eigenvalue weighted by Gasteiger charge is -2.32. The first-order valence-corrected chi connectivity index (χ1v) is 7.56. The molecule has 0 aromatic heterocycles. The fraction of sp³-hybridized carbons (Fsp3) is 0.467. The molecule has 1 N–H and O–H groups in total. The Morgan fingerprint density at radius 2 is 1.86 bits per heavy atom. The van der Waals surface area contributed by atoms with Crippen LogP contribution in [-0.4, -0.2) is 34.2 Å². The molecule has 0 unspecified atom stereocenters. The zero-order chi connectivity index (χ0) is 16.7. The first kappa shape index (κ1) is 16.9. The molecule has 0 saturated heterocycles. The summed E-state index contributed by atoms with van der Waals surface area (Å²) in [5.41, 5.74) is 0.582. The van der Waals surface area contributed by atoms with Gasteiger partial charge in [-0.15, -0.1) is 0 Å². The van der Waals surface area contributed by atoms with E-state index in [0.29, 0.717) is 23.6 Å². The third-order valence-electron chi connectivity index (χ3n) is 3.29. The largest absolute Gasteiger partial charge is 0.478 e. The van der Waals surface area contributed by atoms with Crippen LogP contribution in [0.3, 0.4) is 0 Å². The Labute approximate surface area is 138 Å². The van der Waals surface area contributed by atoms with Crippen LogP contribution < -0.4 is 0 Å². The first-order chi connectivity index (χ1) is 10.1. The summed E-state index contributed by atoms with van der Waals surface area (Å²) in [5, 5.41) is 9.86. The average molecular weight is 346 g/mol. The van der Waals surface area contributed by atoms with Gasteiger partial charge in [0.25, 0.3) is 0 Å². The molecule has 0 fully saturated rings. The summed E-state index contributed by atoms with van der Waals surface area (Å²) < 4.78 is 5.33. The highest BCUT2D eigenvalue weighted by Gasteiger charge is 2.30. The second-order valence-corrected chi connectivity index (χ2v) is 6.94. The number of fused-ring (bicyclic) bond motifs is 1. The van der Waals surface area contributed by atoms with Crippen molar-refractivity contribution in [2.75, 3.05) is 6.54 Å². The van der Waals surface area contributed by atoms with Gasteiger partial charge in [-0.1, -0.05) is 23.2 Å². The lowest BCUT2D eigenvalue weighted by atomic mass is 9.94. The molecule has 5 nitrogen and oxygen atoms in total. The Morgan fingerprint density at radius 3 is 2.41 bits per heavy atom. The number of ether oxygens (including phenoxy) is 1. The molecule has 0 radical (unpaired) electrons. The second kappa shape index (κ2) is 5.97. The quantitative estimate of drug-likeness (QED) is 0.835. The van der Waals surface area contributed by atoms with Crippen molar-refractivity contribution in [3.63, 3.8) is 0 Å². The van der Waals surface area contributed by atoms with Crippen molar-refractivity contribution in [2.45, 2.75) is 39.3 Å². The number of aromatic carboxylic acids is 1. The van der Waals surface area contributed by atoms with Crippen molar-refractivity contribution >= 4 is 35.3 Å². The zero-order valence-corrected chi connectivity index (χ0v) is 14.1. The second-order valence-electron chi connectivity index (χ2n) is 6.13. The third-order valence-corrected chi connectivity index (χ3v) is 3.93. The SMILES string of the molecule is CC(C)(C)OC(=O)N1CCc2c(Cl)cc(Cl)c(C(=O)O)c2C1. The number of carboxylic acids is 1. The summed E-state index contributed by atoms with van der Waals surface area (Å²) in [4.78, 5) is 25.1. The standard InChI is InChI=1S/C15H17Cl2NO4/c1-15(2,3)22-14(21)18-5-4-8-9(7-18)12(13(19)20)11(17)6-10(8)16/h6H,4-5,7H2,1-3H3,(H,19,20). The minimum Gasteiger partial charge on any atom is -0.478 e. The predicted octanol–water partition coefficient (Wildman–Crippen LogP) is 3.98. The first-order valence-electron chi connectivity index (χ1n) is 6.81. The molecular formula is C15H17Cl2NO4. The van der Waals surface area contributed by atoms with Gasteiger partial charge in [0.2, 0.25) is 0 Å². The molecule has 22 heavy (non-hydrogen) atoms. The molecule has 120 valence electrons. The number of amides is 1. The minimum atomic E-state index is -1.14. The van der Waals surface area contributed by atoms with Gasteiger partial charge in [-0.2, -0.15) is 0 Å². The van der Waals surface area contributed by atoms with Crippen LogP contribution in [0.2, 0.25) is 10.0 Å². The number of hydrogen-bond donors (Lipinski definition) is 1. The average Bonchev–Trinajstić information content (AvgIpc) is 2.35. The maximum atomic E-state index is 12.2. The molecular weight excluding hydrogens is 329 g/mol. The van der Waals surface area contributed by atoms with Crippen molar-refractivity contribution in [1.82, 2.24) is 4.90 Å². The fourth-order valence-electron chi connectivity index (χ4n) is 2.38. The number of hydrogen-bond acceptors (Lipinski definition) is 3. The van der Waals surface area contributed by atoms with Crippen molar-refractivity contribution in [3.8, 4) is 0 Å². The Hall–Kier alpha value is -1.46. The van der Waals surface area contributed by atoms with Gasteiger partial charge in [-0.25, -0.2) is 9.59 Å². The summed E-state index contributed by atoms with van der Waals surface area (Å²) >= 11 is 12.1. The van der Waals surface area contributed by atoms with Gasteiger partial charge in [-0.05, 0) is 44.4 Å². The molecule has 1 heterocycles. The van der Waals surface area contributed by atoms with E-state index in [9.17, 15) is 14.7 Å². The molecule has 0 saturated carbocycles. The zero-order valence-electron chi connectivity index (χ0n) is 12.6. The van der Waals surface area contributed by atoms with Gasteiger partial charge in [0, 0.05) is 11.6 Å². The highest BCUT2D eigenvalue weighted by Crippen LogP contribution is 2.34. The number of benzene rings is 1. The Bertz CT molecular complexity index is 637. The molecule has 1 aromatic carbocycles. The molecule has 7 heteroatoms. The van der Waals surface area contributed by atoms with Gasteiger partial charge in [0.05, 0.1) is 17.1 Å². The van der Waals surface area contributed by atoms with E-state index in [1.165, 1.54) is 11.0 Å². The van der Waals surface area contributed by atoms with Gasteiger partial charge in [0.15, 0.2) is 0 Å². The monoisotopic (exact) mass is 345 g/mol. The van der Waals surface area contributed by atoms with Crippen LogP contribution in [0, 0.1) is 0 Å². The molecule has 0 atom stereocenters. The van der Waals surface area contributed by atoms with Gasteiger partial charge >= 0.3 is 12.1 Å². The number of nitrogens with zero attached hydrogens (tertiary/aromatic N) is 1. The van der Waals surface area contributed by atoms with Crippen molar-refractivity contribution < 1.29 is 19.4 Å². The van der Waals surface area contributed by atoms with E-state index in [1.807, 2.05) is 0 Å². The molecule has 0 spiro atoms. The van der Waals surface area contributed by atoms with E-state index < -0.39 is 17.7 Å². The van der Waals surface area contributed by atoms with E-state index in [1.54, 1.807) is 20.8 Å². The van der Waals surface area contributed by atoms with E-state index in [0.717, 1.165) is 5.56 Å². The van der Waals surface area contributed by atoms with E-state index in [2.05, 4.69) is 0 Å². The highest BCUT2D eigenvalue weighted by atomic mass is 35.5. The number of halogens is 2. The minimum absolute atomic E-state index is 0.00525. The van der Waals surface area contributed by atoms with Gasteiger partial charge < -0.3 is 14.7 Å². The molecule has 1 amide bonds. The summed E-state index contributed by atoms with van der Waals surface area (Å²) in [6.07, 6.45) is -0.0178. The number of rotatable bonds is 1. The van der Waals surface area contributed by atoms with Gasteiger partial charge in [-0.3, -0.25) is 0 Å². The summed E-state index contributed by atoms with van der Waals surface area (Å²) in [7, 11) is 0. The lowest BCUT2D eigenvalue weighted by Crippen LogP contribution is -2.40. The lowest BCUT2D eigenvalue weighted by molar-refractivity contribution is 0.0221. The van der Waals surface area contributed by atoms with Crippen LogP contribution in [-0.2, 0) is 17.7 Å². The van der Waals surface area contributed by atoms with Crippen LogP contribution >= 0.6 is 23.2 Å². The number of carbonyl (C=O) groups excluding carboxylic acids is 1. The number of carboxylic acid groups (broad SMARTS) is 1. The molecule has 1 aliphatic rings. The molecule has 0 aliphatic carbocycles. The van der Waals surface area contributed by atoms with Crippen molar-refractivity contribution in [1.29, 1.82) is 0 Å². The van der Waals surface area contributed by atoms with E-state index in [4.69, 9.17) is 27.9 Å². The van der Waals surface area contributed by atoms with Crippen LogP contribution in [0.25, 0.3) is 0 Å². The fourth-order valence-corrected chi connectivity index (χ4v) is 3.06. The highest BCUT2D eigenvalue weighted by molar-refractivity contribution is 6.37.